The van der Waals surface area contributed by atoms with Crippen LogP contribution in [0.2, 0.25) is 0 Å². The number of para-hydroxylation sites is 1. The van der Waals surface area contributed by atoms with Gasteiger partial charge in [-0.1, -0.05) is 18.2 Å². The molecule has 0 aliphatic carbocycles. The van der Waals surface area contributed by atoms with E-state index in [1.807, 2.05) is 37.3 Å². The molecule has 0 radical (unpaired) electrons. The number of hydrogen-bond donors (Lipinski definition) is 1. The van der Waals surface area contributed by atoms with E-state index in [1.54, 1.807) is 7.11 Å². The molecule has 0 aliphatic heterocycles. The number of ether oxygens (including phenoxy) is 1. The summed E-state index contributed by atoms with van der Waals surface area (Å²) in [4.78, 5) is 0. The smallest absolute Gasteiger partial charge is 0.154 e. The average molecular weight is 215 g/mol. The normalized spacial score (nSPS) is 10.1. The summed E-state index contributed by atoms with van der Waals surface area (Å²) in [5.41, 5.74) is 8.43. The second-order valence-electron chi connectivity index (χ2n) is 3.48. The van der Waals surface area contributed by atoms with E-state index in [-0.39, 0.29) is 0 Å². The molecular formula is C12H13N3O. The van der Waals surface area contributed by atoms with Gasteiger partial charge in [0.2, 0.25) is 0 Å². The van der Waals surface area contributed by atoms with Crippen LogP contribution in [0.25, 0.3) is 11.1 Å². The molecule has 0 saturated carbocycles. The third-order valence-corrected chi connectivity index (χ3v) is 2.34. The molecule has 1 aromatic carbocycles. The van der Waals surface area contributed by atoms with Crippen LogP contribution in [0.5, 0.6) is 5.75 Å². The Labute approximate surface area is 94.1 Å². The van der Waals surface area contributed by atoms with Crippen molar-refractivity contribution in [2.24, 2.45) is 0 Å². The zero-order valence-corrected chi connectivity index (χ0v) is 9.27. The fourth-order valence-corrected chi connectivity index (χ4v) is 1.58. The number of aromatic nitrogens is 2. The maximum absolute atomic E-state index is 5.82. The lowest BCUT2D eigenvalue weighted by atomic mass is 10.1. The van der Waals surface area contributed by atoms with E-state index >= 15 is 0 Å². The van der Waals surface area contributed by atoms with Crippen molar-refractivity contribution in [3.8, 4) is 16.9 Å². The number of nitrogen functional groups attached to an aromatic ring is 1. The van der Waals surface area contributed by atoms with Crippen molar-refractivity contribution in [3.05, 3.63) is 36.0 Å². The van der Waals surface area contributed by atoms with Crippen molar-refractivity contribution in [2.45, 2.75) is 6.92 Å². The SMILES string of the molecule is COc1ccccc1-c1cc(C)nnc1N. The summed E-state index contributed by atoms with van der Waals surface area (Å²) >= 11 is 0. The van der Waals surface area contributed by atoms with Gasteiger partial charge in [-0.05, 0) is 19.1 Å². The van der Waals surface area contributed by atoms with Crippen LogP contribution in [0.15, 0.2) is 30.3 Å². The Bertz CT molecular complexity index is 511. The molecule has 0 amide bonds. The molecule has 0 atom stereocenters. The van der Waals surface area contributed by atoms with E-state index in [0.29, 0.717) is 5.82 Å². The van der Waals surface area contributed by atoms with Crippen LogP contribution in [0.4, 0.5) is 5.82 Å². The lowest BCUT2D eigenvalue weighted by Crippen LogP contribution is -1.99. The molecule has 2 rings (SSSR count). The Morgan fingerprint density at radius 3 is 2.62 bits per heavy atom. The van der Waals surface area contributed by atoms with Crippen LogP contribution >= 0.6 is 0 Å². The minimum absolute atomic E-state index is 0.412. The van der Waals surface area contributed by atoms with E-state index in [2.05, 4.69) is 10.2 Å². The van der Waals surface area contributed by atoms with Gasteiger partial charge in [0.25, 0.3) is 0 Å². The first-order valence-corrected chi connectivity index (χ1v) is 4.95. The van der Waals surface area contributed by atoms with Crippen molar-refractivity contribution in [2.75, 3.05) is 12.8 Å². The number of nitrogens with two attached hydrogens (primary N) is 1. The molecule has 1 aromatic heterocycles. The molecule has 0 bridgehead atoms. The van der Waals surface area contributed by atoms with Gasteiger partial charge in [-0.2, -0.15) is 5.10 Å². The highest BCUT2D eigenvalue weighted by molar-refractivity contribution is 5.78. The molecule has 82 valence electrons. The molecule has 16 heavy (non-hydrogen) atoms. The molecule has 0 unspecified atom stereocenters. The van der Waals surface area contributed by atoms with E-state index in [4.69, 9.17) is 10.5 Å². The first kappa shape index (κ1) is 10.4. The van der Waals surface area contributed by atoms with Gasteiger partial charge < -0.3 is 10.5 Å². The van der Waals surface area contributed by atoms with Gasteiger partial charge >= 0.3 is 0 Å². The molecule has 1 heterocycles. The highest BCUT2D eigenvalue weighted by Crippen LogP contribution is 2.32. The van der Waals surface area contributed by atoms with Gasteiger partial charge in [-0.15, -0.1) is 5.10 Å². The molecule has 0 fully saturated rings. The lowest BCUT2D eigenvalue weighted by molar-refractivity contribution is 0.416. The number of hydrogen-bond acceptors (Lipinski definition) is 4. The molecule has 2 aromatic rings. The maximum Gasteiger partial charge on any atom is 0.154 e. The van der Waals surface area contributed by atoms with Crippen molar-refractivity contribution < 1.29 is 4.74 Å². The Morgan fingerprint density at radius 1 is 1.12 bits per heavy atom. The molecular weight excluding hydrogens is 202 g/mol. The van der Waals surface area contributed by atoms with Crippen LogP contribution in [0, 0.1) is 6.92 Å². The van der Waals surface area contributed by atoms with E-state index in [9.17, 15) is 0 Å². The second kappa shape index (κ2) is 4.18. The number of benzene rings is 1. The monoisotopic (exact) mass is 215 g/mol. The number of anilines is 1. The third-order valence-electron chi connectivity index (χ3n) is 2.34. The summed E-state index contributed by atoms with van der Waals surface area (Å²) in [6.45, 7) is 1.88. The zero-order chi connectivity index (χ0) is 11.5. The van der Waals surface area contributed by atoms with Gasteiger partial charge in [0.15, 0.2) is 5.82 Å². The minimum Gasteiger partial charge on any atom is -0.496 e. The van der Waals surface area contributed by atoms with Crippen molar-refractivity contribution in [3.63, 3.8) is 0 Å². The van der Waals surface area contributed by atoms with E-state index in [0.717, 1.165) is 22.6 Å². The first-order chi connectivity index (χ1) is 7.72. The molecule has 4 nitrogen and oxygen atoms in total. The Morgan fingerprint density at radius 2 is 1.88 bits per heavy atom. The van der Waals surface area contributed by atoms with Gasteiger partial charge in [-0.25, -0.2) is 0 Å². The number of aryl methyl sites for hydroxylation is 1. The summed E-state index contributed by atoms with van der Waals surface area (Å²) < 4.78 is 5.29. The maximum atomic E-state index is 5.82. The van der Waals surface area contributed by atoms with Crippen LogP contribution in [-0.2, 0) is 0 Å². The quantitative estimate of drug-likeness (QED) is 0.832. The van der Waals surface area contributed by atoms with Crippen molar-refractivity contribution in [1.82, 2.24) is 10.2 Å². The van der Waals surface area contributed by atoms with Gasteiger partial charge in [-0.3, -0.25) is 0 Å². The highest BCUT2D eigenvalue weighted by Gasteiger charge is 2.09. The second-order valence-corrected chi connectivity index (χ2v) is 3.48. The summed E-state index contributed by atoms with van der Waals surface area (Å²) in [5, 5.41) is 7.81. The molecule has 0 aliphatic rings. The summed E-state index contributed by atoms with van der Waals surface area (Å²) in [5.74, 6) is 1.19. The summed E-state index contributed by atoms with van der Waals surface area (Å²) in [6.07, 6.45) is 0. The van der Waals surface area contributed by atoms with Crippen LogP contribution in [-0.4, -0.2) is 17.3 Å². The Kier molecular flexibility index (Phi) is 2.72. The predicted octanol–water partition coefficient (Wildman–Crippen LogP) is 2.04. The fourth-order valence-electron chi connectivity index (χ4n) is 1.58. The standard InChI is InChI=1S/C12H13N3O/c1-8-7-10(12(13)15-14-8)9-5-3-4-6-11(9)16-2/h3-7H,1-2H3,(H2,13,15). The largest absolute Gasteiger partial charge is 0.496 e. The number of rotatable bonds is 2. The van der Waals surface area contributed by atoms with Crippen LogP contribution in [0.1, 0.15) is 5.69 Å². The minimum atomic E-state index is 0.412. The van der Waals surface area contributed by atoms with Crippen molar-refractivity contribution in [1.29, 1.82) is 0 Å². The first-order valence-electron chi connectivity index (χ1n) is 4.95. The van der Waals surface area contributed by atoms with E-state index < -0.39 is 0 Å². The molecule has 2 N–H and O–H groups in total. The van der Waals surface area contributed by atoms with E-state index in [1.165, 1.54) is 0 Å². The van der Waals surface area contributed by atoms with Crippen molar-refractivity contribution >= 4 is 5.82 Å². The van der Waals surface area contributed by atoms with Gasteiger partial charge in [0, 0.05) is 11.1 Å². The van der Waals surface area contributed by atoms with Gasteiger partial charge in [0.05, 0.1) is 12.8 Å². The lowest BCUT2D eigenvalue weighted by Gasteiger charge is -2.09. The number of nitrogens with zero attached hydrogens (tertiary/aromatic N) is 2. The van der Waals surface area contributed by atoms with Crippen LogP contribution < -0.4 is 10.5 Å². The topological polar surface area (TPSA) is 61.0 Å². The summed E-state index contributed by atoms with van der Waals surface area (Å²) in [6, 6.07) is 9.60. The average Bonchev–Trinajstić information content (AvgIpc) is 2.32. The molecule has 4 heteroatoms. The Hall–Kier alpha value is -2.10. The molecule has 0 saturated heterocycles. The Balaban J connectivity index is 2.62. The van der Waals surface area contributed by atoms with Gasteiger partial charge in [0.1, 0.15) is 5.75 Å². The highest BCUT2D eigenvalue weighted by atomic mass is 16.5. The zero-order valence-electron chi connectivity index (χ0n) is 9.27. The fraction of sp³-hybridized carbons (Fsp3) is 0.167. The van der Waals surface area contributed by atoms with Crippen LogP contribution in [0.3, 0.4) is 0 Å². The third kappa shape index (κ3) is 1.82. The molecule has 0 spiro atoms. The summed E-state index contributed by atoms with van der Waals surface area (Å²) in [7, 11) is 1.64. The number of methoxy groups -OCH3 is 1. The predicted molar refractivity (Wildman–Crippen MR) is 63.2 cm³/mol.